The fourth-order valence-corrected chi connectivity index (χ4v) is 1.45. The van der Waals surface area contributed by atoms with Gasteiger partial charge >= 0.3 is 0 Å². The van der Waals surface area contributed by atoms with E-state index in [0.717, 1.165) is 0 Å². The van der Waals surface area contributed by atoms with Crippen molar-refractivity contribution in [3.8, 4) is 0 Å². The summed E-state index contributed by atoms with van der Waals surface area (Å²) in [6.07, 6.45) is 0.579. The molecule has 6 nitrogen and oxygen atoms in total. The number of carbonyl (C=O) groups excluding carboxylic acids is 1. The van der Waals surface area contributed by atoms with Crippen LogP contribution in [-0.2, 0) is 4.74 Å². The topological polar surface area (TPSA) is 81.5 Å². The molecule has 0 saturated carbocycles. The van der Waals surface area contributed by atoms with Gasteiger partial charge in [-0.25, -0.2) is 0 Å². The Balaban J connectivity index is 2.98. The van der Waals surface area contributed by atoms with Gasteiger partial charge in [0.15, 0.2) is 0 Å². The molecule has 92 valence electrons. The Morgan fingerprint density at radius 1 is 1.59 bits per heavy atom. The molecular formula is C11H14N2O4. The normalized spacial score (nSPS) is 11.9. The van der Waals surface area contributed by atoms with Crippen LogP contribution in [0, 0.1) is 10.1 Å². The summed E-state index contributed by atoms with van der Waals surface area (Å²) in [5, 5.41) is 13.8. The van der Waals surface area contributed by atoms with Crippen LogP contribution >= 0.6 is 0 Å². The lowest BCUT2D eigenvalue weighted by atomic mass is 10.1. The molecule has 0 radical (unpaired) electrons. The molecule has 1 unspecified atom stereocenters. The predicted molar refractivity (Wildman–Crippen MR) is 63.4 cm³/mol. The zero-order valence-electron chi connectivity index (χ0n) is 9.67. The number of carbonyl (C=O) groups is 1. The number of nitrogens with one attached hydrogen (secondary N) is 1. The Bertz CT molecular complexity index is 420. The highest BCUT2D eigenvalue weighted by Gasteiger charge is 2.15. The maximum atomic E-state index is 10.8. The van der Waals surface area contributed by atoms with Crippen LogP contribution in [0.25, 0.3) is 0 Å². The Hall–Kier alpha value is -1.95. The maximum absolute atomic E-state index is 10.8. The number of nitrogens with zero attached hydrogens (tertiary/aromatic N) is 1. The highest BCUT2D eigenvalue weighted by Crippen LogP contribution is 2.25. The van der Waals surface area contributed by atoms with Gasteiger partial charge in [-0.3, -0.25) is 14.9 Å². The van der Waals surface area contributed by atoms with Crippen molar-refractivity contribution >= 4 is 17.7 Å². The highest BCUT2D eigenvalue weighted by atomic mass is 16.6. The number of nitro groups is 1. The van der Waals surface area contributed by atoms with Crippen molar-refractivity contribution in [1.29, 1.82) is 0 Å². The first-order valence-corrected chi connectivity index (χ1v) is 5.07. The van der Waals surface area contributed by atoms with E-state index in [-0.39, 0.29) is 17.3 Å². The number of hydrogen-bond donors (Lipinski definition) is 1. The summed E-state index contributed by atoms with van der Waals surface area (Å²) in [6.45, 7) is 2.29. The molecule has 0 aromatic heterocycles. The van der Waals surface area contributed by atoms with Crippen molar-refractivity contribution in [2.24, 2.45) is 0 Å². The monoisotopic (exact) mass is 238 g/mol. The molecule has 0 saturated heterocycles. The van der Waals surface area contributed by atoms with Gasteiger partial charge in [0, 0.05) is 24.8 Å². The molecule has 0 spiro atoms. The second-order valence-corrected chi connectivity index (χ2v) is 3.65. The van der Waals surface area contributed by atoms with Crippen LogP contribution in [0.3, 0.4) is 0 Å². The first-order valence-electron chi connectivity index (χ1n) is 5.07. The van der Waals surface area contributed by atoms with Crippen molar-refractivity contribution in [3.63, 3.8) is 0 Å². The number of benzene rings is 1. The molecule has 0 aliphatic carbocycles. The molecule has 1 atom stereocenters. The average Bonchev–Trinajstić information content (AvgIpc) is 2.29. The van der Waals surface area contributed by atoms with Crippen LogP contribution in [0.1, 0.15) is 17.3 Å². The SMILES string of the molecule is COCC(C)Nc1ccc(C=O)cc1[N+](=O)[O-]. The second kappa shape index (κ2) is 5.95. The minimum Gasteiger partial charge on any atom is -0.383 e. The van der Waals surface area contributed by atoms with Crippen molar-refractivity contribution in [3.05, 3.63) is 33.9 Å². The van der Waals surface area contributed by atoms with E-state index in [9.17, 15) is 14.9 Å². The van der Waals surface area contributed by atoms with E-state index in [2.05, 4.69) is 5.32 Å². The number of ether oxygens (including phenoxy) is 1. The minimum absolute atomic E-state index is 0.0548. The standard InChI is InChI=1S/C11H14N2O4/c1-8(7-17-2)12-10-4-3-9(6-14)5-11(10)13(15)16/h3-6,8,12H,7H2,1-2H3. The van der Waals surface area contributed by atoms with Crippen molar-refractivity contribution in [2.45, 2.75) is 13.0 Å². The van der Waals surface area contributed by atoms with Gasteiger partial charge in [-0.15, -0.1) is 0 Å². The van der Waals surface area contributed by atoms with E-state index in [4.69, 9.17) is 4.74 Å². The molecule has 0 aliphatic heterocycles. The van der Waals surface area contributed by atoms with Crippen LogP contribution in [0.15, 0.2) is 18.2 Å². The van der Waals surface area contributed by atoms with E-state index < -0.39 is 4.92 Å². The molecule has 17 heavy (non-hydrogen) atoms. The van der Waals surface area contributed by atoms with Crippen molar-refractivity contribution in [1.82, 2.24) is 0 Å². The number of anilines is 1. The van der Waals surface area contributed by atoms with E-state index in [1.807, 2.05) is 6.92 Å². The largest absolute Gasteiger partial charge is 0.383 e. The van der Waals surface area contributed by atoms with E-state index in [1.54, 1.807) is 7.11 Å². The predicted octanol–water partition coefficient (Wildman–Crippen LogP) is 1.85. The molecule has 0 amide bonds. The lowest BCUT2D eigenvalue weighted by Crippen LogP contribution is -2.21. The van der Waals surface area contributed by atoms with E-state index in [1.165, 1.54) is 18.2 Å². The van der Waals surface area contributed by atoms with E-state index >= 15 is 0 Å². The van der Waals surface area contributed by atoms with Crippen LogP contribution < -0.4 is 5.32 Å². The lowest BCUT2D eigenvalue weighted by molar-refractivity contribution is -0.384. The van der Waals surface area contributed by atoms with Gasteiger partial charge in [0.1, 0.15) is 12.0 Å². The van der Waals surface area contributed by atoms with Crippen LogP contribution in [-0.4, -0.2) is 31.0 Å². The molecule has 1 N–H and O–H groups in total. The molecule has 0 bridgehead atoms. The third-order valence-electron chi connectivity index (χ3n) is 2.17. The highest BCUT2D eigenvalue weighted by molar-refractivity contribution is 5.79. The number of aldehydes is 1. The smallest absolute Gasteiger partial charge is 0.293 e. The fourth-order valence-electron chi connectivity index (χ4n) is 1.45. The van der Waals surface area contributed by atoms with Crippen LogP contribution in [0.5, 0.6) is 0 Å². The molecule has 1 aromatic rings. The molecule has 1 rings (SSSR count). The zero-order chi connectivity index (χ0) is 12.8. The number of hydrogen-bond acceptors (Lipinski definition) is 5. The summed E-state index contributed by atoms with van der Waals surface area (Å²) >= 11 is 0. The fraction of sp³-hybridized carbons (Fsp3) is 0.364. The molecule has 6 heteroatoms. The first kappa shape index (κ1) is 13.1. The Kier molecular flexibility index (Phi) is 4.59. The summed E-state index contributed by atoms with van der Waals surface area (Å²) < 4.78 is 4.93. The van der Waals surface area contributed by atoms with Gasteiger partial charge in [0.25, 0.3) is 5.69 Å². The van der Waals surface area contributed by atoms with Crippen molar-refractivity contribution < 1.29 is 14.5 Å². The summed E-state index contributed by atoms with van der Waals surface area (Å²) in [5.41, 5.74) is 0.546. The second-order valence-electron chi connectivity index (χ2n) is 3.65. The van der Waals surface area contributed by atoms with Crippen LogP contribution in [0.2, 0.25) is 0 Å². The Labute approximate surface area is 98.7 Å². The van der Waals surface area contributed by atoms with Gasteiger partial charge in [-0.1, -0.05) is 0 Å². The third-order valence-corrected chi connectivity index (χ3v) is 2.17. The summed E-state index contributed by atoms with van der Waals surface area (Å²) in [5.74, 6) is 0. The molecule has 0 heterocycles. The Morgan fingerprint density at radius 2 is 2.29 bits per heavy atom. The summed E-state index contributed by atoms with van der Waals surface area (Å²) in [7, 11) is 1.56. The average molecular weight is 238 g/mol. The summed E-state index contributed by atoms with van der Waals surface area (Å²) in [4.78, 5) is 20.9. The number of rotatable bonds is 6. The molecule has 1 aromatic carbocycles. The number of nitro benzene ring substituents is 1. The lowest BCUT2D eigenvalue weighted by Gasteiger charge is -2.14. The maximum Gasteiger partial charge on any atom is 0.293 e. The Morgan fingerprint density at radius 3 is 2.82 bits per heavy atom. The van der Waals surface area contributed by atoms with Gasteiger partial charge in [-0.2, -0.15) is 0 Å². The zero-order valence-corrected chi connectivity index (χ0v) is 9.67. The van der Waals surface area contributed by atoms with Gasteiger partial charge in [-0.05, 0) is 19.1 Å². The minimum atomic E-state index is -0.519. The molecule has 0 aliphatic rings. The molecule has 0 fully saturated rings. The first-order chi connectivity index (χ1) is 8.08. The van der Waals surface area contributed by atoms with Crippen molar-refractivity contribution in [2.75, 3.05) is 19.0 Å². The molecular weight excluding hydrogens is 224 g/mol. The van der Waals surface area contributed by atoms with Crippen LogP contribution in [0.4, 0.5) is 11.4 Å². The van der Waals surface area contributed by atoms with Gasteiger partial charge in [0.2, 0.25) is 0 Å². The summed E-state index contributed by atoms with van der Waals surface area (Å²) in [6, 6.07) is 4.24. The quantitative estimate of drug-likeness (QED) is 0.464. The number of methoxy groups -OCH3 is 1. The third kappa shape index (κ3) is 3.53. The van der Waals surface area contributed by atoms with Gasteiger partial charge < -0.3 is 10.1 Å². The van der Waals surface area contributed by atoms with Gasteiger partial charge in [0.05, 0.1) is 11.5 Å². The van der Waals surface area contributed by atoms with E-state index in [0.29, 0.717) is 18.6 Å².